The maximum Gasteiger partial charge on any atom is 0.337 e. The number of quaternary nitrogens is 1. The first-order valence-electron chi connectivity index (χ1n) is 14.3. The molecule has 1 unspecified atom stereocenters. The highest BCUT2D eigenvalue weighted by molar-refractivity contribution is 6.34. The number of unbranched alkanes of at least 4 members (excludes halogenated alkanes) is 1. The molecule has 3 N–H and O–H groups in total. The van der Waals surface area contributed by atoms with Crippen LogP contribution < -0.4 is 9.80 Å². The van der Waals surface area contributed by atoms with Gasteiger partial charge in [0.25, 0.3) is 0 Å². The minimum atomic E-state index is -1.04. The number of benzene rings is 4. The molecular weight excluding hydrogens is 567 g/mol. The molecule has 0 amide bonds. The van der Waals surface area contributed by atoms with E-state index in [1.165, 1.54) is 30.4 Å². The van der Waals surface area contributed by atoms with Gasteiger partial charge in [0.05, 0.1) is 22.7 Å². The Labute approximate surface area is 258 Å². The third-order valence-corrected chi connectivity index (χ3v) is 8.51. The largest absolute Gasteiger partial charge is 0.478 e. The van der Waals surface area contributed by atoms with Gasteiger partial charge in [-0.05, 0) is 47.2 Å². The number of aliphatic hydroxyl groups is 1. The fraction of sp³-hybridized carbons (Fsp3) is 0.286. The van der Waals surface area contributed by atoms with Crippen LogP contribution in [0.3, 0.4) is 0 Å². The molecule has 0 spiro atoms. The van der Waals surface area contributed by atoms with Crippen molar-refractivity contribution in [1.29, 1.82) is 0 Å². The molecule has 42 heavy (non-hydrogen) atoms. The number of rotatable bonds is 11. The third kappa shape index (κ3) is 6.88. The van der Waals surface area contributed by atoms with Gasteiger partial charge in [-0.25, -0.2) is 9.28 Å². The van der Waals surface area contributed by atoms with Crippen LogP contribution in [-0.2, 0) is 6.54 Å². The molecule has 5 nitrogen and oxygen atoms in total. The van der Waals surface area contributed by atoms with Crippen molar-refractivity contribution in [3.63, 3.8) is 0 Å². The predicted molar refractivity (Wildman–Crippen MR) is 176 cm³/mol. The number of carbonyl (C=O) groups is 1. The number of hydrogen-bond acceptors (Lipinski definition) is 3. The molecular formula is C35H39Cl2N2O3+. The molecule has 0 aromatic heterocycles. The quantitative estimate of drug-likeness (QED) is 0.0904. The Balaban J connectivity index is 0.00000198. The van der Waals surface area contributed by atoms with Crippen LogP contribution in [0.5, 0.6) is 0 Å². The van der Waals surface area contributed by atoms with Gasteiger partial charge < -0.3 is 15.5 Å². The molecule has 1 heterocycles. The second-order valence-electron chi connectivity index (χ2n) is 11.1. The fourth-order valence-corrected chi connectivity index (χ4v) is 5.79. The van der Waals surface area contributed by atoms with Crippen LogP contribution in [-0.4, -0.2) is 36.9 Å². The van der Waals surface area contributed by atoms with Crippen LogP contribution >= 0.6 is 23.2 Å². The Morgan fingerprint density at radius 3 is 2.02 bits per heavy atom. The number of nitrogens with one attached hydrogen (secondary N) is 1. The predicted octanol–water partition coefficient (Wildman–Crippen LogP) is 9.46. The molecule has 1 atom stereocenters. The van der Waals surface area contributed by atoms with E-state index in [2.05, 4.69) is 73.8 Å². The number of halogens is 2. The maximum atomic E-state index is 11.6. The summed E-state index contributed by atoms with van der Waals surface area (Å²) in [6.07, 6.45) is 3.80. The van der Waals surface area contributed by atoms with Crippen molar-refractivity contribution >= 4 is 46.2 Å². The maximum absolute atomic E-state index is 11.6. The summed E-state index contributed by atoms with van der Waals surface area (Å²) in [6, 6.07) is 26.4. The van der Waals surface area contributed by atoms with Crippen molar-refractivity contribution in [2.24, 2.45) is 5.92 Å². The van der Waals surface area contributed by atoms with Gasteiger partial charge in [0.2, 0.25) is 11.4 Å². The zero-order valence-corrected chi connectivity index (χ0v) is 26.1. The van der Waals surface area contributed by atoms with Crippen molar-refractivity contribution in [2.75, 3.05) is 20.7 Å². The summed E-state index contributed by atoms with van der Waals surface area (Å²) < 4.78 is 0.411. The zero-order valence-electron chi connectivity index (χ0n) is 24.6. The highest BCUT2D eigenvalue weighted by Crippen LogP contribution is 2.63. The SMILES string of the molecule is CC(C)CCCCNCc1ccc(-c2ccc(-c3cc4c(cc3Cl)[N+]4(C)c3ccc(Cl)c(C(=O)O)c3)cc2)cc1.CO. The van der Waals surface area contributed by atoms with E-state index in [4.69, 9.17) is 28.3 Å². The van der Waals surface area contributed by atoms with Gasteiger partial charge in [0.15, 0.2) is 0 Å². The Kier molecular flexibility index (Phi) is 10.5. The minimum absolute atomic E-state index is 0.0969. The summed E-state index contributed by atoms with van der Waals surface area (Å²) in [5.74, 6) is -0.259. The lowest BCUT2D eigenvalue weighted by molar-refractivity contribution is 0.0697. The molecule has 1 aliphatic heterocycles. The van der Waals surface area contributed by atoms with E-state index in [0.717, 1.165) is 59.9 Å². The second-order valence-corrected chi connectivity index (χ2v) is 12.0. The first-order valence-corrected chi connectivity index (χ1v) is 15.0. The highest BCUT2D eigenvalue weighted by atomic mass is 35.5. The second kappa shape index (κ2) is 13.9. The number of carboxylic acids is 1. The van der Waals surface area contributed by atoms with Gasteiger partial charge in [-0.1, -0.05) is 98.4 Å². The van der Waals surface area contributed by atoms with Crippen LogP contribution in [0, 0.1) is 5.92 Å². The highest BCUT2D eigenvalue weighted by Gasteiger charge is 2.52. The summed E-state index contributed by atoms with van der Waals surface area (Å²) in [7, 11) is 3.04. The Morgan fingerprint density at radius 2 is 1.40 bits per heavy atom. The molecule has 0 saturated heterocycles. The molecule has 4 aromatic carbocycles. The molecule has 0 bridgehead atoms. The van der Waals surface area contributed by atoms with Crippen molar-refractivity contribution in [1.82, 2.24) is 9.80 Å². The molecule has 0 saturated carbocycles. The minimum Gasteiger partial charge on any atom is -0.478 e. The van der Waals surface area contributed by atoms with E-state index in [1.54, 1.807) is 12.1 Å². The van der Waals surface area contributed by atoms with E-state index < -0.39 is 5.97 Å². The van der Waals surface area contributed by atoms with Crippen molar-refractivity contribution < 1.29 is 15.0 Å². The van der Waals surface area contributed by atoms with Crippen molar-refractivity contribution in [3.8, 4) is 22.3 Å². The average Bonchev–Trinajstić information content (AvgIpc) is 3.58. The number of hydrogen-bond donors (Lipinski definition) is 3. The van der Waals surface area contributed by atoms with Gasteiger partial charge in [-0.2, -0.15) is 0 Å². The molecule has 5 rings (SSSR count). The summed E-state index contributed by atoms with van der Waals surface area (Å²) in [5.41, 5.74) is 8.69. The van der Waals surface area contributed by atoms with Gasteiger partial charge in [-0.3, -0.25) is 0 Å². The molecule has 4 aromatic rings. The molecule has 220 valence electrons. The van der Waals surface area contributed by atoms with E-state index >= 15 is 0 Å². The van der Waals surface area contributed by atoms with E-state index in [-0.39, 0.29) is 10.6 Å². The fourth-order valence-electron chi connectivity index (χ4n) is 5.33. The summed E-state index contributed by atoms with van der Waals surface area (Å²) >= 11 is 12.8. The molecule has 1 aliphatic rings. The average molecular weight is 607 g/mol. The lowest BCUT2D eigenvalue weighted by atomic mass is 9.99. The summed E-state index contributed by atoms with van der Waals surface area (Å²) in [4.78, 5) is 11.6. The first-order chi connectivity index (χ1) is 20.2. The lowest BCUT2D eigenvalue weighted by Crippen LogP contribution is -2.17. The molecule has 0 fully saturated rings. The lowest BCUT2D eigenvalue weighted by Gasteiger charge is -2.12. The Morgan fingerprint density at radius 1 is 0.810 bits per heavy atom. The van der Waals surface area contributed by atoms with Gasteiger partial charge in [-0.15, -0.1) is 0 Å². The van der Waals surface area contributed by atoms with Crippen LogP contribution in [0.2, 0.25) is 10.0 Å². The van der Waals surface area contributed by atoms with Crippen LogP contribution in [0.1, 0.15) is 49.0 Å². The standard InChI is InChI=1S/C34H34Cl2N2O2.CH4O/c1-22(2)6-4-5-17-37-21-23-7-9-24(10-8-23)25-11-13-26(14-12-25)28-19-32-33(20-31(28)36)38(32,3)27-15-16-30(35)29(18-27)34(39)40;1-2/h7-16,18-20,22,37H,4-6,17,21H2,1-3H3;2H,1H3/p+1. The number of fused-ring (bicyclic) bond motifs is 1. The molecule has 0 aliphatic carbocycles. The van der Waals surface area contributed by atoms with Crippen LogP contribution in [0.4, 0.5) is 17.1 Å². The van der Waals surface area contributed by atoms with E-state index in [1.807, 2.05) is 19.2 Å². The monoisotopic (exact) mass is 605 g/mol. The topological polar surface area (TPSA) is 69.6 Å². The van der Waals surface area contributed by atoms with Crippen LogP contribution in [0.25, 0.3) is 22.3 Å². The Bertz CT molecular complexity index is 1540. The first kappa shape index (κ1) is 31.7. The van der Waals surface area contributed by atoms with Crippen molar-refractivity contribution in [2.45, 2.75) is 39.7 Å². The van der Waals surface area contributed by atoms with Gasteiger partial charge in [0.1, 0.15) is 5.69 Å². The third-order valence-electron chi connectivity index (χ3n) is 7.87. The molecule has 7 heteroatoms. The zero-order chi connectivity index (χ0) is 30.4. The van der Waals surface area contributed by atoms with Crippen molar-refractivity contribution in [3.05, 3.63) is 100 Å². The number of aliphatic hydroxyl groups excluding tert-OH is 1. The van der Waals surface area contributed by atoms with Gasteiger partial charge in [0, 0.05) is 43.5 Å². The number of aromatic carboxylic acids is 1. The van der Waals surface area contributed by atoms with E-state index in [9.17, 15) is 9.90 Å². The summed E-state index contributed by atoms with van der Waals surface area (Å²) in [5, 5.41) is 21.0. The number of nitrogens with zero attached hydrogens (tertiary/aromatic N) is 1. The Hall–Kier alpha value is -3.19. The summed E-state index contributed by atoms with van der Waals surface area (Å²) in [6.45, 7) is 6.51. The van der Waals surface area contributed by atoms with Gasteiger partial charge >= 0.3 is 5.97 Å². The normalized spacial score (nSPS) is 15.1. The molecule has 0 radical (unpaired) electrons. The number of carboxylic acid groups (broad SMARTS) is 1. The van der Waals surface area contributed by atoms with E-state index in [0.29, 0.717) is 9.51 Å². The smallest absolute Gasteiger partial charge is 0.337 e. The van der Waals surface area contributed by atoms with Crippen LogP contribution in [0.15, 0.2) is 78.9 Å².